The second-order valence-electron chi connectivity index (χ2n) is 4.19. The maximum absolute atomic E-state index is 11.6. The molecule has 0 unspecified atom stereocenters. The van der Waals surface area contributed by atoms with Crippen molar-refractivity contribution in [1.82, 2.24) is 5.32 Å². The number of benzene rings is 1. The molecule has 2 N–H and O–H groups in total. The lowest BCUT2D eigenvalue weighted by Crippen LogP contribution is -2.40. The number of ether oxygens (including phenoxy) is 1. The first-order chi connectivity index (χ1) is 9.06. The van der Waals surface area contributed by atoms with Crippen LogP contribution in [0.25, 0.3) is 0 Å². The molecule has 0 radical (unpaired) electrons. The number of rotatable bonds is 5. The van der Waals surface area contributed by atoms with Crippen LogP contribution in [-0.2, 0) is 9.59 Å². The first kappa shape index (κ1) is 15.0. The van der Waals surface area contributed by atoms with E-state index in [1.807, 2.05) is 20.8 Å². The number of hydrogen-bond acceptors (Lipinski definition) is 3. The Kier molecular flexibility index (Phi) is 5.85. The lowest BCUT2D eigenvalue weighted by atomic mass is 10.2. The minimum absolute atomic E-state index is 0.0152. The van der Waals surface area contributed by atoms with Gasteiger partial charge in [-0.05, 0) is 44.5 Å². The Morgan fingerprint density at radius 2 is 1.79 bits per heavy atom. The maximum atomic E-state index is 11.6. The quantitative estimate of drug-likeness (QED) is 0.799. The van der Waals surface area contributed by atoms with Gasteiger partial charge >= 0.3 is 11.8 Å². The fourth-order valence-electron chi connectivity index (χ4n) is 1.38. The largest absolute Gasteiger partial charge is 0.494 e. The van der Waals surface area contributed by atoms with Crippen molar-refractivity contribution >= 4 is 17.5 Å². The summed E-state index contributed by atoms with van der Waals surface area (Å²) in [5.74, 6) is -0.558. The monoisotopic (exact) mass is 264 g/mol. The molecule has 104 valence electrons. The van der Waals surface area contributed by atoms with Gasteiger partial charge in [0, 0.05) is 11.7 Å². The van der Waals surface area contributed by atoms with Gasteiger partial charge in [-0.3, -0.25) is 9.59 Å². The van der Waals surface area contributed by atoms with Gasteiger partial charge in [-0.2, -0.15) is 0 Å². The van der Waals surface area contributed by atoms with Crippen molar-refractivity contribution in [2.24, 2.45) is 0 Å². The van der Waals surface area contributed by atoms with Crippen LogP contribution in [0.15, 0.2) is 24.3 Å². The second-order valence-corrected chi connectivity index (χ2v) is 4.19. The summed E-state index contributed by atoms with van der Waals surface area (Å²) in [6.07, 6.45) is 0.780. The molecule has 1 aromatic rings. The lowest BCUT2D eigenvalue weighted by Gasteiger charge is -2.11. The van der Waals surface area contributed by atoms with Crippen molar-refractivity contribution in [3.05, 3.63) is 24.3 Å². The van der Waals surface area contributed by atoms with Gasteiger partial charge in [0.1, 0.15) is 5.75 Å². The van der Waals surface area contributed by atoms with Crippen LogP contribution in [0, 0.1) is 0 Å². The molecule has 0 saturated heterocycles. The summed E-state index contributed by atoms with van der Waals surface area (Å²) in [6, 6.07) is 6.86. The Balaban J connectivity index is 2.54. The van der Waals surface area contributed by atoms with Crippen LogP contribution in [0.4, 0.5) is 5.69 Å². The summed E-state index contributed by atoms with van der Waals surface area (Å²) < 4.78 is 5.29. The molecule has 1 rings (SSSR count). The van der Waals surface area contributed by atoms with Crippen molar-refractivity contribution in [3.63, 3.8) is 0 Å². The molecule has 0 aliphatic carbocycles. The zero-order valence-corrected chi connectivity index (χ0v) is 11.5. The highest BCUT2D eigenvalue weighted by Crippen LogP contribution is 2.15. The average Bonchev–Trinajstić information content (AvgIpc) is 2.41. The summed E-state index contributed by atoms with van der Waals surface area (Å²) in [6.45, 7) is 6.27. The van der Waals surface area contributed by atoms with E-state index in [-0.39, 0.29) is 6.04 Å². The average molecular weight is 264 g/mol. The van der Waals surface area contributed by atoms with Crippen molar-refractivity contribution in [2.45, 2.75) is 33.2 Å². The van der Waals surface area contributed by atoms with Crippen molar-refractivity contribution in [3.8, 4) is 5.75 Å². The van der Waals surface area contributed by atoms with Crippen molar-refractivity contribution in [1.29, 1.82) is 0 Å². The summed E-state index contributed by atoms with van der Waals surface area (Å²) in [4.78, 5) is 23.2. The molecule has 0 fully saturated rings. The number of amides is 2. The van der Waals surface area contributed by atoms with Gasteiger partial charge in [0.05, 0.1) is 6.61 Å². The number of anilines is 1. The molecule has 19 heavy (non-hydrogen) atoms. The van der Waals surface area contributed by atoms with Gasteiger partial charge in [-0.25, -0.2) is 0 Å². The zero-order chi connectivity index (χ0) is 14.3. The molecule has 0 aliphatic heterocycles. The Hall–Kier alpha value is -2.04. The SMILES string of the molecule is CCOc1ccc(NC(=O)C(=O)N[C@H](C)CC)cc1. The Labute approximate surface area is 113 Å². The van der Waals surface area contributed by atoms with Crippen LogP contribution in [0.3, 0.4) is 0 Å². The Morgan fingerprint density at radius 1 is 1.16 bits per heavy atom. The van der Waals surface area contributed by atoms with Crippen LogP contribution < -0.4 is 15.4 Å². The third kappa shape index (κ3) is 4.99. The van der Waals surface area contributed by atoms with Gasteiger partial charge in [0.2, 0.25) is 0 Å². The Bertz CT molecular complexity index is 429. The van der Waals surface area contributed by atoms with E-state index in [4.69, 9.17) is 4.74 Å². The maximum Gasteiger partial charge on any atom is 0.313 e. The zero-order valence-electron chi connectivity index (χ0n) is 11.5. The van der Waals surface area contributed by atoms with Crippen LogP contribution in [-0.4, -0.2) is 24.5 Å². The molecule has 5 heteroatoms. The molecule has 0 aliphatic rings. The van der Waals surface area contributed by atoms with E-state index in [0.717, 1.165) is 12.2 Å². The van der Waals surface area contributed by atoms with Crippen LogP contribution >= 0.6 is 0 Å². The van der Waals surface area contributed by atoms with Crippen molar-refractivity contribution in [2.75, 3.05) is 11.9 Å². The predicted octanol–water partition coefficient (Wildman–Crippen LogP) is 1.94. The summed E-state index contributed by atoms with van der Waals surface area (Å²) in [5, 5.41) is 5.14. The molecule has 5 nitrogen and oxygen atoms in total. The highest BCUT2D eigenvalue weighted by molar-refractivity contribution is 6.39. The smallest absolute Gasteiger partial charge is 0.313 e. The van der Waals surface area contributed by atoms with Gasteiger partial charge < -0.3 is 15.4 Å². The number of nitrogens with one attached hydrogen (secondary N) is 2. The summed E-state index contributed by atoms with van der Waals surface area (Å²) in [7, 11) is 0. The highest BCUT2D eigenvalue weighted by atomic mass is 16.5. The molecular weight excluding hydrogens is 244 g/mol. The third-order valence-corrected chi connectivity index (χ3v) is 2.62. The molecule has 0 spiro atoms. The van der Waals surface area contributed by atoms with E-state index in [9.17, 15) is 9.59 Å². The number of carbonyl (C=O) groups is 2. The van der Waals surface area contributed by atoms with E-state index >= 15 is 0 Å². The third-order valence-electron chi connectivity index (χ3n) is 2.62. The fraction of sp³-hybridized carbons (Fsp3) is 0.429. The fourth-order valence-corrected chi connectivity index (χ4v) is 1.38. The van der Waals surface area contributed by atoms with E-state index in [1.165, 1.54) is 0 Å². The van der Waals surface area contributed by atoms with E-state index < -0.39 is 11.8 Å². The van der Waals surface area contributed by atoms with Crippen LogP contribution in [0.1, 0.15) is 27.2 Å². The first-order valence-electron chi connectivity index (χ1n) is 6.41. The molecule has 0 saturated carbocycles. The topological polar surface area (TPSA) is 67.4 Å². The minimum Gasteiger partial charge on any atom is -0.494 e. The van der Waals surface area contributed by atoms with E-state index in [2.05, 4.69) is 10.6 Å². The molecular formula is C14H20N2O3. The normalized spacial score (nSPS) is 11.5. The second kappa shape index (κ2) is 7.41. The summed E-state index contributed by atoms with van der Waals surface area (Å²) in [5.41, 5.74) is 0.563. The number of hydrogen-bond donors (Lipinski definition) is 2. The number of carbonyl (C=O) groups excluding carboxylic acids is 2. The lowest BCUT2D eigenvalue weighted by molar-refractivity contribution is -0.136. The molecule has 0 aromatic heterocycles. The van der Waals surface area contributed by atoms with Crippen LogP contribution in [0.2, 0.25) is 0 Å². The Morgan fingerprint density at radius 3 is 2.32 bits per heavy atom. The van der Waals surface area contributed by atoms with E-state index in [1.54, 1.807) is 24.3 Å². The van der Waals surface area contributed by atoms with Gasteiger partial charge in [0.25, 0.3) is 0 Å². The van der Waals surface area contributed by atoms with Gasteiger partial charge in [0.15, 0.2) is 0 Å². The van der Waals surface area contributed by atoms with Crippen molar-refractivity contribution < 1.29 is 14.3 Å². The molecule has 0 heterocycles. The highest BCUT2D eigenvalue weighted by Gasteiger charge is 2.15. The first-order valence-corrected chi connectivity index (χ1v) is 6.41. The minimum atomic E-state index is -0.663. The molecule has 0 bridgehead atoms. The van der Waals surface area contributed by atoms with Crippen LogP contribution in [0.5, 0.6) is 5.75 Å². The standard InChI is InChI=1S/C14H20N2O3/c1-4-10(3)15-13(17)14(18)16-11-6-8-12(9-7-11)19-5-2/h6-10H,4-5H2,1-3H3,(H,15,17)(H,16,18)/t10-/m1/s1. The molecule has 2 amide bonds. The summed E-state index contributed by atoms with van der Waals surface area (Å²) >= 11 is 0. The van der Waals surface area contributed by atoms with Gasteiger partial charge in [-0.1, -0.05) is 6.92 Å². The predicted molar refractivity (Wildman–Crippen MR) is 74.1 cm³/mol. The molecule has 1 atom stereocenters. The van der Waals surface area contributed by atoms with E-state index in [0.29, 0.717) is 12.3 Å². The van der Waals surface area contributed by atoms with Gasteiger partial charge in [-0.15, -0.1) is 0 Å². The molecule has 1 aromatic carbocycles.